The molecule has 0 aromatic rings. The van der Waals surface area contributed by atoms with Crippen molar-refractivity contribution in [2.24, 2.45) is 0 Å². The van der Waals surface area contributed by atoms with Gasteiger partial charge in [0.05, 0.1) is 0 Å². The van der Waals surface area contributed by atoms with Crippen LogP contribution in [-0.4, -0.2) is 37.2 Å². The molecule has 82 heavy (non-hydrogen) atoms. The predicted octanol–water partition coefficient (Wildman–Crippen LogP) is 25.7. The quantitative estimate of drug-likeness (QED) is 0.0261. The van der Waals surface area contributed by atoms with Gasteiger partial charge in [-0.1, -0.05) is 379 Å². The van der Waals surface area contributed by atoms with Crippen molar-refractivity contribution in [3.63, 3.8) is 0 Å². The minimum atomic E-state index is -0.766. The van der Waals surface area contributed by atoms with Gasteiger partial charge in [0, 0.05) is 19.3 Å². The lowest BCUT2D eigenvalue weighted by Crippen LogP contribution is -2.30. The Hall–Kier alpha value is -2.11. The van der Waals surface area contributed by atoms with E-state index in [1.807, 2.05) is 0 Å². The van der Waals surface area contributed by atoms with E-state index in [-0.39, 0.29) is 31.1 Å². The van der Waals surface area contributed by atoms with Gasteiger partial charge in [-0.25, -0.2) is 0 Å². The van der Waals surface area contributed by atoms with E-state index in [2.05, 4.69) is 45.1 Å². The van der Waals surface area contributed by atoms with Crippen molar-refractivity contribution >= 4 is 17.9 Å². The number of allylic oxidation sites excluding steroid dienone is 4. The minimum absolute atomic E-state index is 0.0662. The first kappa shape index (κ1) is 79.9. The summed E-state index contributed by atoms with van der Waals surface area (Å²) in [6, 6.07) is 0. The van der Waals surface area contributed by atoms with Gasteiger partial charge in [-0.05, 0) is 51.4 Å². The van der Waals surface area contributed by atoms with Gasteiger partial charge in [0.1, 0.15) is 13.2 Å². The van der Waals surface area contributed by atoms with Crippen molar-refractivity contribution in [3.8, 4) is 0 Å². The second-order valence-corrected chi connectivity index (χ2v) is 25.6. The first-order valence-electron chi connectivity index (χ1n) is 37.3. The van der Waals surface area contributed by atoms with E-state index in [4.69, 9.17) is 14.2 Å². The molecule has 1 unspecified atom stereocenters. The van der Waals surface area contributed by atoms with E-state index in [1.165, 1.54) is 315 Å². The fourth-order valence-electron chi connectivity index (χ4n) is 11.6. The Morgan fingerprint density at radius 3 is 0.671 bits per heavy atom. The van der Waals surface area contributed by atoms with Gasteiger partial charge in [-0.3, -0.25) is 14.4 Å². The van der Waals surface area contributed by atoms with Crippen LogP contribution >= 0.6 is 0 Å². The fourth-order valence-corrected chi connectivity index (χ4v) is 11.6. The lowest BCUT2D eigenvalue weighted by atomic mass is 10.0. The van der Waals surface area contributed by atoms with Crippen LogP contribution in [0.2, 0.25) is 0 Å². The maximum atomic E-state index is 12.9. The highest BCUT2D eigenvalue weighted by Crippen LogP contribution is 2.19. The molecular weight excluding hydrogens is 1010 g/mol. The molecule has 0 aliphatic rings. The zero-order valence-corrected chi connectivity index (χ0v) is 55.8. The zero-order chi connectivity index (χ0) is 59.2. The smallest absolute Gasteiger partial charge is 0.306 e. The van der Waals surface area contributed by atoms with Gasteiger partial charge < -0.3 is 14.2 Å². The average Bonchev–Trinajstić information content (AvgIpc) is 3.47. The summed E-state index contributed by atoms with van der Waals surface area (Å²) in [5, 5.41) is 0. The van der Waals surface area contributed by atoms with E-state index in [0.717, 1.165) is 70.6 Å². The fraction of sp³-hybridized carbons (Fsp3) is 0.908. The van der Waals surface area contributed by atoms with Gasteiger partial charge in [0.2, 0.25) is 0 Å². The van der Waals surface area contributed by atoms with Gasteiger partial charge in [0.15, 0.2) is 6.10 Å². The van der Waals surface area contributed by atoms with Crippen LogP contribution < -0.4 is 0 Å². The normalized spacial score (nSPS) is 12.1. The Morgan fingerprint density at radius 2 is 0.439 bits per heavy atom. The summed E-state index contributed by atoms with van der Waals surface area (Å²) >= 11 is 0. The summed E-state index contributed by atoms with van der Waals surface area (Å²) in [5.74, 6) is -0.853. The van der Waals surface area contributed by atoms with Crippen LogP contribution in [-0.2, 0) is 28.6 Å². The number of rotatable bonds is 70. The molecule has 484 valence electrons. The topological polar surface area (TPSA) is 78.9 Å². The second-order valence-electron chi connectivity index (χ2n) is 25.6. The third-order valence-electron chi connectivity index (χ3n) is 17.2. The van der Waals surface area contributed by atoms with Crippen LogP contribution in [0.25, 0.3) is 0 Å². The number of unbranched alkanes of at least 4 members (excludes halogenated alkanes) is 55. The molecule has 0 spiro atoms. The molecule has 0 rings (SSSR count). The lowest BCUT2D eigenvalue weighted by molar-refractivity contribution is -0.167. The molecule has 0 saturated carbocycles. The van der Waals surface area contributed by atoms with Gasteiger partial charge in [0.25, 0.3) is 0 Å². The first-order valence-corrected chi connectivity index (χ1v) is 37.3. The number of carbonyl (C=O) groups is 3. The maximum Gasteiger partial charge on any atom is 0.306 e. The third-order valence-corrected chi connectivity index (χ3v) is 17.2. The molecule has 0 N–H and O–H groups in total. The van der Waals surface area contributed by atoms with Crippen LogP contribution in [0.4, 0.5) is 0 Å². The highest BCUT2D eigenvalue weighted by atomic mass is 16.6. The maximum absolute atomic E-state index is 12.9. The summed E-state index contributed by atoms with van der Waals surface area (Å²) in [5.41, 5.74) is 0. The van der Waals surface area contributed by atoms with Gasteiger partial charge >= 0.3 is 17.9 Å². The van der Waals surface area contributed by atoms with E-state index in [9.17, 15) is 14.4 Å². The monoisotopic (exact) mass is 1150 g/mol. The Balaban J connectivity index is 3.86. The summed E-state index contributed by atoms with van der Waals surface area (Å²) < 4.78 is 16.8. The summed E-state index contributed by atoms with van der Waals surface area (Å²) in [6.07, 6.45) is 88.7. The number of ether oxygens (including phenoxy) is 3. The van der Waals surface area contributed by atoms with Crippen LogP contribution in [0, 0.1) is 0 Å². The molecule has 0 aliphatic heterocycles. The van der Waals surface area contributed by atoms with Crippen molar-refractivity contribution in [2.75, 3.05) is 13.2 Å². The van der Waals surface area contributed by atoms with Crippen molar-refractivity contribution in [1.29, 1.82) is 0 Å². The molecule has 0 amide bonds. The van der Waals surface area contributed by atoms with Gasteiger partial charge in [-0.2, -0.15) is 0 Å². The van der Waals surface area contributed by atoms with E-state index < -0.39 is 6.10 Å². The number of esters is 3. The summed E-state index contributed by atoms with van der Waals surface area (Å²) in [6.45, 7) is 6.62. The predicted molar refractivity (Wildman–Crippen MR) is 358 cm³/mol. The Morgan fingerprint density at radius 1 is 0.244 bits per heavy atom. The van der Waals surface area contributed by atoms with Crippen molar-refractivity contribution < 1.29 is 28.6 Å². The molecule has 0 saturated heterocycles. The second kappa shape index (κ2) is 71.4. The van der Waals surface area contributed by atoms with Crippen LogP contribution in [0.5, 0.6) is 0 Å². The molecule has 0 bridgehead atoms. The zero-order valence-electron chi connectivity index (χ0n) is 55.8. The largest absolute Gasteiger partial charge is 0.462 e. The molecule has 0 aliphatic carbocycles. The molecule has 0 fully saturated rings. The highest BCUT2D eigenvalue weighted by molar-refractivity contribution is 5.71. The molecule has 6 nitrogen and oxygen atoms in total. The lowest BCUT2D eigenvalue weighted by Gasteiger charge is -2.18. The van der Waals surface area contributed by atoms with Crippen LogP contribution in [0.1, 0.15) is 425 Å². The molecule has 1 atom stereocenters. The molecular formula is C76H144O6. The highest BCUT2D eigenvalue weighted by Gasteiger charge is 2.19. The number of carbonyl (C=O) groups excluding carboxylic acids is 3. The van der Waals surface area contributed by atoms with Crippen LogP contribution in [0.3, 0.4) is 0 Å². The molecule has 0 aromatic heterocycles. The first-order chi connectivity index (χ1) is 40.5. The van der Waals surface area contributed by atoms with E-state index in [0.29, 0.717) is 19.3 Å². The Bertz CT molecular complexity index is 1320. The summed E-state index contributed by atoms with van der Waals surface area (Å²) in [4.78, 5) is 38.0. The Kier molecular flexibility index (Phi) is 69.5. The number of hydrogen-bond acceptors (Lipinski definition) is 6. The van der Waals surface area contributed by atoms with Gasteiger partial charge in [-0.15, -0.1) is 0 Å². The standard InChI is InChI=1S/C76H144O6/c1-4-7-10-13-15-17-19-21-23-25-27-29-31-33-34-35-36-37-38-39-40-41-43-44-46-48-50-52-54-56-58-60-63-66-69-75(78)81-72-73(71-80-74(77)68-65-62-12-9-6-3)82-76(79)70-67-64-61-59-57-55-53-51-49-47-45-42-32-30-28-26-24-22-20-18-16-14-11-8-5-2/h20,22,26,28,73H,4-19,21,23-25,27,29-72H2,1-3H3/b22-20-,28-26-. The average molecular weight is 1150 g/mol. The minimum Gasteiger partial charge on any atom is -0.462 e. The third kappa shape index (κ3) is 68.7. The molecule has 6 heteroatoms. The van der Waals surface area contributed by atoms with E-state index in [1.54, 1.807) is 0 Å². The van der Waals surface area contributed by atoms with Crippen LogP contribution in [0.15, 0.2) is 24.3 Å². The number of hydrogen-bond donors (Lipinski definition) is 0. The molecule has 0 radical (unpaired) electrons. The van der Waals surface area contributed by atoms with Crippen molar-refractivity contribution in [1.82, 2.24) is 0 Å². The Labute approximate surface area is 513 Å². The summed E-state index contributed by atoms with van der Waals surface area (Å²) in [7, 11) is 0. The van der Waals surface area contributed by atoms with E-state index >= 15 is 0 Å². The molecule has 0 heterocycles. The SMILES string of the molecule is CCCCCCC/C=C\C/C=C\CCCCCCCCCCCCCCCC(=O)OC(COC(=O)CCCCCCC)COC(=O)CCCCCCCCCCCCCCCCCCCCCCCCCCCCCCCCCCCC. The molecule has 0 aromatic carbocycles. The van der Waals surface area contributed by atoms with Crippen molar-refractivity contribution in [3.05, 3.63) is 24.3 Å². The van der Waals surface area contributed by atoms with Crippen molar-refractivity contribution in [2.45, 2.75) is 431 Å².